The standard InChI is InChI=1S/C36H45N5O3S.H2S/c1-4-8-35(43-28(2)42)23-36(27-37,30-9-6-5-7-10-30)31-17-21-40(22-18-31)24-29-25-41(26-29)33-11-13-34(14-12-33)44-45-39(3)32-15-19-38-20-16-32;/h5-7,9-16,19-20,29,31,35H,4,8,17-18,21-26H2,1-3H3;1H2. The second kappa shape index (κ2) is 17.0. The van der Waals surface area contributed by atoms with Crippen molar-refractivity contribution in [3.63, 3.8) is 0 Å². The third-order valence-corrected chi connectivity index (χ3v) is 9.91. The van der Waals surface area contributed by atoms with Crippen LogP contribution in [0.4, 0.5) is 11.4 Å². The van der Waals surface area contributed by atoms with Gasteiger partial charge in [0.05, 0.1) is 17.2 Å². The number of rotatable bonds is 14. The summed E-state index contributed by atoms with van der Waals surface area (Å²) < 4.78 is 13.6. The van der Waals surface area contributed by atoms with E-state index in [0.717, 1.165) is 75.4 Å². The number of pyridine rings is 1. The number of carbonyl (C=O) groups is 1. The molecule has 0 radical (unpaired) electrons. The zero-order valence-electron chi connectivity index (χ0n) is 27.2. The molecule has 2 unspecified atom stereocenters. The third-order valence-electron chi connectivity index (χ3n) is 9.21. The molecule has 1 aromatic heterocycles. The average Bonchev–Trinajstić information content (AvgIpc) is 3.05. The Kier molecular flexibility index (Phi) is 13.1. The fourth-order valence-corrected chi connectivity index (χ4v) is 7.37. The molecule has 2 aliphatic heterocycles. The molecule has 46 heavy (non-hydrogen) atoms. The Morgan fingerprint density at radius 2 is 1.76 bits per heavy atom. The molecule has 246 valence electrons. The molecule has 0 N–H and O–H groups in total. The molecule has 0 bridgehead atoms. The number of anilines is 2. The Morgan fingerprint density at radius 1 is 1.09 bits per heavy atom. The van der Waals surface area contributed by atoms with Gasteiger partial charge in [-0.25, -0.2) is 0 Å². The number of likely N-dealkylation sites (tertiary alicyclic amines) is 1. The first-order valence-electron chi connectivity index (χ1n) is 16.1. The molecule has 0 spiro atoms. The van der Waals surface area contributed by atoms with Gasteiger partial charge in [-0.05, 0) is 80.2 Å². The Bertz CT molecular complexity index is 1390. The van der Waals surface area contributed by atoms with Gasteiger partial charge in [0.2, 0.25) is 0 Å². The molecule has 2 saturated heterocycles. The summed E-state index contributed by atoms with van der Waals surface area (Å²) in [5.41, 5.74) is 2.63. The van der Waals surface area contributed by atoms with Crippen molar-refractivity contribution in [3.05, 3.63) is 84.7 Å². The van der Waals surface area contributed by atoms with E-state index >= 15 is 0 Å². The summed E-state index contributed by atoms with van der Waals surface area (Å²) >= 11 is 1.29. The van der Waals surface area contributed by atoms with Crippen LogP contribution in [0.25, 0.3) is 0 Å². The third kappa shape index (κ3) is 8.90. The van der Waals surface area contributed by atoms with Crippen LogP contribution in [-0.4, -0.2) is 61.7 Å². The van der Waals surface area contributed by atoms with Gasteiger partial charge in [-0.15, -0.1) is 0 Å². The quantitative estimate of drug-likeness (QED) is 0.103. The Balaban J connectivity index is 0.00000480. The predicted molar refractivity (Wildman–Crippen MR) is 191 cm³/mol. The number of benzene rings is 2. The first-order chi connectivity index (χ1) is 21.9. The SMILES string of the molecule is CCCC(CC(C#N)(c1ccccc1)C1CCN(CC2CN(c3ccc(OSN(C)c4ccncc4)cc3)C2)CC1)OC(C)=O.S. The van der Waals surface area contributed by atoms with Crippen molar-refractivity contribution in [1.82, 2.24) is 9.88 Å². The Morgan fingerprint density at radius 3 is 2.37 bits per heavy atom. The lowest BCUT2D eigenvalue weighted by molar-refractivity contribution is -0.147. The summed E-state index contributed by atoms with van der Waals surface area (Å²) in [4.78, 5) is 21.0. The first kappa shape index (κ1) is 35.5. The smallest absolute Gasteiger partial charge is 0.302 e. The van der Waals surface area contributed by atoms with Crippen LogP contribution in [0.3, 0.4) is 0 Å². The maximum absolute atomic E-state index is 11.9. The molecular weight excluding hydrogens is 615 g/mol. The van der Waals surface area contributed by atoms with Gasteiger partial charge < -0.3 is 18.7 Å². The lowest BCUT2D eigenvalue weighted by Crippen LogP contribution is -2.53. The van der Waals surface area contributed by atoms with Crippen LogP contribution >= 0.6 is 25.7 Å². The molecule has 2 aromatic carbocycles. The van der Waals surface area contributed by atoms with Crippen LogP contribution in [-0.2, 0) is 14.9 Å². The topological polar surface area (TPSA) is 81.9 Å². The number of nitrogens with zero attached hydrogens (tertiary/aromatic N) is 5. The predicted octanol–water partition coefficient (Wildman–Crippen LogP) is 7.00. The molecule has 8 nitrogen and oxygen atoms in total. The minimum absolute atomic E-state index is 0. The molecule has 10 heteroatoms. The Labute approximate surface area is 285 Å². The van der Waals surface area contributed by atoms with E-state index < -0.39 is 5.41 Å². The zero-order valence-corrected chi connectivity index (χ0v) is 29.0. The van der Waals surface area contributed by atoms with Gasteiger partial charge in [0, 0.05) is 64.0 Å². The maximum Gasteiger partial charge on any atom is 0.302 e. The number of carbonyl (C=O) groups excluding carboxylic acids is 1. The molecule has 2 atom stereocenters. The molecule has 2 aliphatic rings. The van der Waals surface area contributed by atoms with Crippen LogP contribution in [0.15, 0.2) is 79.1 Å². The van der Waals surface area contributed by atoms with Crippen molar-refractivity contribution in [2.24, 2.45) is 11.8 Å². The van der Waals surface area contributed by atoms with Gasteiger partial charge in [0.25, 0.3) is 0 Å². The fraction of sp³-hybridized carbons (Fsp3) is 0.472. The van der Waals surface area contributed by atoms with Crippen molar-refractivity contribution >= 4 is 43.1 Å². The van der Waals surface area contributed by atoms with Gasteiger partial charge in [-0.2, -0.15) is 18.8 Å². The van der Waals surface area contributed by atoms with E-state index in [4.69, 9.17) is 8.92 Å². The van der Waals surface area contributed by atoms with Crippen molar-refractivity contribution in [2.45, 2.75) is 57.5 Å². The number of esters is 1. The van der Waals surface area contributed by atoms with Crippen molar-refractivity contribution in [3.8, 4) is 11.8 Å². The summed E-state index contributed by atoms with van der Waals surface area (Å²) in [6.07, 6.45) is 7.45. The molecule has 0 amide bonds. The highest BCUT2D eigenvalue weighted by atomic mass is 32.2. The second-order valence-corrected chi connectivity index (χ2v) is 13.2. The normalized spacial score (nSPS) is 17.5. The highest BCUT2D eigenvalue weighted by Gasteiger charge is 2.44. The number of hydrogen-bond acceptors (Lipinski definition) is 9. The van der Waals surface area contributed by atoms with Crippen LogP contribution in [0.1, 0.15) is 51.5 Å². The minimum atomic E-state index is -0.668. The van der Waals surface area contributed by atoms with Gasteiger partial charge in [0.15, 0.2) is 12.2 Å². The van der Waals surface area contributed by atoms with Crippen molar-refractivity contribution in [1.29, 1.82) is 5.26 Å². The van der Waals surface area contributed by atoms with E-state index in [1.54, 1.807) is 12.4 Å². The highest BCUT2D eigenvalue weighted by Crippen LogP contribution is 2.43. The summed E-state index contributed by atoms with van der Waals surface area (Å²) in [5, 5.41) is 10.7. The molecular formula is C36H47N5O3S2. The van der Waals surface area contributed by atoms with E-state index in [0.29, 0.717) is 12.3 Å². The number of piperidine rings is 1. The fourth-order valence-electron chi connectivity index (χ4n) is 6.85. The molecule has 0 saturated carbocycles. The van der Waals surface area contributed by atoms with E-state index in [-0.39, 0.29) is 31.5 Å². The summed E-state index contributed by atoms with van der Waals surface area (Å²) in [7, 11) is 1.97. The number of ether oxygens (including phenoxy) is 1. The molecule has 2 fully saturated rings. The first-order valence-corrected chi connectivity index (χ1v) is 16.8. The molecule has 3 aromatic rings. The lowest BCUT2D eigenvalue weighted by atomic mass is 9.64. The van der Waals surface area contributed by atoms with E-state index in [1.807, 2.05) is 53.8 Å². The largest absolute Gasteiger partial charge is 0.462 e. The molecule has 0 aliphatic carbocycles. The van der Waals surface area contributed by atoms with Crippen LogP contribution < -0.4 is 13.4 Å². The van der Waals surface area contributed by atoms with Crippen LogP contribution in [0, 0.1) is 23.2 Å². The van der Waals surface area contributed by atoms with E-state index in [2.05, 4.69) is 52.0 Å². The van der Waals surface area contributed by atoms with E-state index in [1.165, 1.54) is 24.8 Å². The monoisotopic (exact) mass is 661 g/mol. The van der Waals surface area contributed by atoms with Crippen molar-refractivity contribution in [2.75, 3.05) is 49.0 Å². The van der Waals surface area contributed by atoms with Gasteiger partial charge in [0.1, 0.15) is 11.9 Å². The van der Waals surface area contributed by atoms with Crippen LogP contribution in [0.2, 0.25) is 0 Å². The number of nitriles is 1. The summed E-state index contributed by atoms with van der Waals surface area (Å²) in [6, 6.07) is 25.2. The van der Waals surface area contributed by atoms with Crippen LogP contribution in [0.5, 0.6) is 5.75 Å². The van der Waals surface area contributed by atoms with Gasteiger partial charge >= 0.3 is 5.97 Å². The summed E-state index contributed by atoms with van der Waals surface area (Å²) in [6.45, 7) is 8.72. The summed E-state index contributed by atoms with van der Waals surface area (Å²) in [5.74, 6) is 1.40. The molecule has 3 heterocycles. The Hall–Kier alpha value is -3.39. The van der Waals surface area contributed by atoms with E-state index in [9.17, 15) is 10.1 Å². The maximum atomic E-state index is 11.9. The lowest BCUT2D eigenvalue weighted by Gasteiger charge is -2.46. The van der Waals surface area contributed by atoms with Gasteiger partial charge in [-0.3, -0.25) is 14.1 Å². The number of hydrogen-bond donors (Lipinski definition) is 0. The van der Waals surface area contributed by atoms with Gasteiger partial charge in [-0.1, -0.05) is 43.7 Å². The average molecular weight is 662 g/mol. The number of aromatic nitrogens is 1. The molecule has 5 rings (SSSR count). The highest BCUT2D eigenvalue weighted by molar-refractivity contribution is 7.96. The zero-order chi connectivity index (χ0) is 31.6. The minimum Gasteiger partial charge on any atom is -0.462 e. The second-order valence-electron chi connectivity index (χ2n) is 12.4. The van der Waals surface area contributed by atoms with Crippen molar-refractivity contribution < 1.29 is 13.7 Å².